The molecule has 1 heterocycles. The Kier molecular flexibility index (Phi) is 4.02. The lowest BCUT2D eigenvalue weighted by Gasteiger charge is -2.38. The third-order valence-corrected chi connectivity index (χ3v) is 3.56. The van der Waals surface area contributed by atoms with Crippen LogP contribution in [-0.4, -0.2) is 44.7 Å². The highest BCUT2D eigenvalue weighted by Gasteiger charge is 2.33. The highest BCUT2D eigenvalue weighted by atomic mass is 35.5. The molecule has 0 unspecified atom stereocenters. The summed E-state index contributed by atoms with van der Waals surface area (Å²) in [6.45, 7) is 4.46. The molecule has 0 atom stereocenters. The van der Waals surface area contributed by atoms with E-state index >= 15 is 0 Å². The number of ether oxygens (including phenoxy) is 1. The molecule has 0 bridgehead atoms. The van der Waals surface area contributed by atoms with Gasteiger partial charge in [-0.25, -0.2) is 0 Å². The van der Waals surface area contributed by atoms with Crippen molar-refractivity contribution in [3.8, 4) is 0 Å². The fraction of sp³-hybridized carbons (Fsp3) is 0.500. The minimum atomic E-state index is -0.0297. The molecule has 0 aliphatic carbocycles. The fourth-order valence-electron chi connectivity index (χ4n) is 1.91. The number of anilines is 1. The van der Waals surface area contributed by atoms with Gasteiger partial charge in [0, 0.05) is 31.6 Å². The van der Waals surface area contributed by atoms with Crippen LogP contribution in [0.4, 0.5) is 5.69 Å². The Morgan fingerprint density at radius 3 is 2.68 bits per heavy atom. The Labute approximate surface area is 118 Å². The number of nitrogens with zero attached hydrogens (tertiary/aromatic N) is 1. The van der Waals surface area contributed by atoms with Crippen LogP contribution in [0, 0.1) is 5.41 Å². The standard InChI is InChI=1S/C14H19ClN2O2/c1-14(8-19-9-14)7-16-12-6-10(4-5-11(12)15)13(18)17(2)3/h4-6,16H,7-9H2,1-3H3. The average molecular weight is 283 g/mol. The predicted octanol–water partition coefficient (Wildman–Crippen LogP) is 2.49. The lowest BCUT2D eigenvalue weighted by Crippen LogP contribution is -2.45. The van der Waals surface area contributed by atoms with E-state index in [1.807, 2.05) is 0 Å². The van der Waals surface area contributed by atoms with Crippen molar-refractivity contribution in [3.05, 3.63) is 28.8 Å². The van der Waals surface area contributed by atoms with Gasteiger partial charge >= 0.3 is 0 Å². The molecular weight excluding hydrogens is 264 g/mol. The summed E-state index contributed by atoms with van der Waals surface area (Å²) in [5.74, 6) is -0.0297. The van der Waals surface area contributed by atoms with E-state index in [4.69, 9.17) is 16.3 Å². The number of rotatable bonds is 4. The summed E-state index contributed by atoms with van der Waals surface area (Å²) in [7, 11) is 3.47. The molecule has 4 nitrogen and oxygen atoms in total. The molecule has 5 heteroatoms. The van der Waals surface area contributed by atoms with Crippen LogP contribution in [0.2, 0.25) is 5.02 Å². The first-order valence-electron chi connectivity index (χ1n) is 6.24. The lowest BCUT2D eigenvalue weighted by atomic mass is 9.88. The SMILES string of the molecule is CN(C)C(=O)c1ccc(Cl)c(NCC2(C)COC2)c1. The fourth-order valence-corrected chi connectivity index (χ4v) is 2.10. The van der Waals surface area contributed by atoms with Crippen LogP contribution >= 0.6 is 11.6 Å². The Balaban J connectivity index is 2.10. The van der Waals surface area contributed by atoms with Gasteiger partial charge in [0.05, 0.1) is 23.9 Å². The monoisotopic (exact) mass is 282 g/mol. The third-order valence-electron chi connectivity index (χ3n) is 3.23. The smallest absolute Gasteiger partial charge is 0.253 e. The van der Waals surface area contributed by atoms with Crippen LogP contribution in [-0.2, 0) is 4.74 Å². The molecule has 1 saturated heterocycles. The lowest BCUT2D eigenvalue weighted by molar-refractivity contribution is -0.0924. The van der Waals surface area contributed by atoms with Crippen molar-refractivity contribution in [2.75, 3.05) is 39.2 Å². The molecule has 1 aromatic rings. The maximum absolute atomic E-state index is 11.9. The average Bonchev–Trinajstić information content (AvgIpc) is 2.34. The Morgan fingerprint density at radius 1 is 1.47 bits per heavy atom. The Morgan fingerprint density at radius 2 is 2.16 bits per heavy atom. The maximum atomic E-state index is 11.9. The van der Waals surface area contributed by atoms with Crippen LogP contribution in [0.5, 0.6) is 0 Å². The zero-order valence-electron chi connectivity index (χ0n) is 11.5. The van der Waals surface area contributed by atoms with E-state index in [0.29, 0.717) is 10.6 Å². The van der Waals surface area contributed by atoms with Crippen molar-refractivity contribution in [1.29, 1.82) is 0 Å². The molecule has 0 spiro atoms. The van der Waals surface area contributed by atoms with Crippen molar-refractivity contribution in [3.63, 3.8) is 0 Å². The number of carbonyl (C=O) groups is 1. The number of amides is 1. The van der Waals surface area contributed by atoms with Gasteiger partial charge in [-0.1, -0.05) is 18.5 Å². The first kappa shape index (κ1) is 14.2. The third kappa shape index (κ3) is 3.19. The van der Waals surface area contributed by atoms with Gasteiger partial charge in [0.1, 0.15) is 0 Å². The summed E-state index contributed by atoms with van der Waals surface area (Å²) in [5, 5.41) is 3.93. The number of hydrogen-bond donors (Lipinski definition) is 1. The highest BCUT2D eigenvalue weighted by Crippen LogP contribution is 2.29. The molecule has 1 aliphatic heterocycles. The summed E-state index contributed by atoms with van der Waals surface area (Å²) >= 11 is 6.15. The Bertz CT molecular complexity index is 484. The van der Waals surface area contributed by atoms with Crippen LogP contribution < -0.4 is 5.32 Å². The quantitative estimate of drug-likeness (QED) is 0.922. The van der Waals surface area contributed by atoms with Gasteiger partial charge in [0.25, 0.3) is 5.91 Å². The van der Waals surface area contributed by atoms with Crippen molar-refractivity contribution < 1.29 is 9.53 Å². The molecule has 1 fully saturated rings. The maximum Gasteiger partial charge on any atom is 0.253 e. The normalized spacial score (nSPS) is 16.6. The number of hydrogen-bond acceptors (Lipinski definition) is 3. The first-order chi connectivity index (χ1) is 8.91. The molecule has 1 N–H and O–H groups in total. The number of halogens is 1. The molecule has 1 aromatic carbocycles. The predicted molar refractivity (Wildman–Crippen MR) is 76.9 cm³/mol. The molecular formula is C14H19ClN2O2. The minimum absolute atomic E-state index is 0.0297. The van der Waals surface area contributed by atoms with Crippen LogP contribution in [0.15, 0.2) is 18.2 Å². The van der Waals surface area contributed by atoms with E-state index in [1.54, 1.807) is 37.2 Å². The van der Waals surface area contributed by atoms with Crippen molar-refractivity contribution in [2.24, 2.45) is 5.41 Å². The van der Waals surface area contributed by atoms with E-state index in [1.165, 1.54) is 0 Å². The number of benzene rings is 1. The van der Waals surface area contributed by atoms with Gasteiger partial charge in [-0.05, 0) is 18.2 Å². The number of nitrogens with one attached hydrogen (secondary N) is 1. The van der Waals surface area contributed by atoms with E-state index < -0.39 is 0 Å². The van der Waals surface area contributed by atoms with Gasteiger partial charge < -0.3 is 15.0 Å². The zero-order chi connectivity index (χ0) is 14.0. The second kappa shape index (κ2) is 5.39. The zero-order valence-corrected chi connectivity index (χ0v) is 12.3. The molecule has 104 valence electrons. The topological polar surface area (TPSA) is 41.6 Å². The largest absolute Gasteiger partial charge is 0.383 e. The van der Waals surface area contributed by atoms with Gasteiger partial charge in [-0.3, -0.25) is 4.79 Å². The summed E-state index contributed by atoms with van der Waals surface area (Å²) < 4.78 is 5.22. The first-order valence-corrected chi connectivity index (χ1v) is 6.62. The molecule has 19 heavy (non-hydrogen) atoms. The van der Waals surface area contributed by atoms with Gasteiger partial charge in [0.2, 0.25) is 0 Å². The van der Waals surface area contributed by atoms with Crippen molar-refractivity contribution in [2.45, 2.75) is 6.92 Å². The van der Waals surface area contributed by atoms with Crippen LogP contribution in [0.1, 0.15) is 17.3 Å². The van der Waals surface area contributed by atoms with Gasteiger partial charge in [-0.15, -0.1) is 0 Å². The summed E-state index contributed by atoms with van der Waals surface area (Å²) in [5.41, 5.74) is 1.58. The second-order valence-electron chi connectivity index (χ2n) is 5.55. The summed E-state index contributed by atoms with van der Waals surface area (Å²) in [6.07, 6.45) is 0. The van der Waals surface area contributed by atoms with E-state index in [0.717, 1.165) is 25.4 Å². The van der Waals surface area contributed by atoms with Crippen molar-refractivity contribution in [1.82, 2.24) is 4.90 Å². The second-order valence-corrected chi connectivity index (χ2v) is 5.96. The molecule has 1 amide bonds. The minimum Gasteiger partial charge on any atom is -0.383 e. The van der Waals surface area contributed by atoms with Crippen molar-refractivity contribution >= 4 is 23.2 Å². The van der Waals surface area contributed by atoms with E-state index in [2.05, 4.69) is 12.2 Å². The van der Waals surface area contributed by atoms with E-state index in [9.17, 15) is 4.79 Å². The highest BCUT2D eigenvalue weighted by molar-refractivity contribution is 6.33. The van der Waals surface area contributed by atoms with Gasteiger partial charge in [-0.2, -0.15) is 0 Å². The molecule has 2 rings (SSSR count). The Hall–Kier alpha value is -1.26. The van der Waals surface area contributed by atoms with Gasteiger partial charge in [0.15, 0.2) is 0 Å². The molecule has 0 aromatic heterocycles. The summed E-state index contributed by atoms with van der Waals surface area (Å²) in [6, 6.07) is 5.29. The molecule has 0 saturated carbocycles. The summed E-state index contributed by atoms with van der Waals surface area (Å²) in [4.78, 5) is 13.5. The van der Waals surface area contributed by atoms with Crippen LogP contribution in [0.25, 0.3) is 0 Å². The number of carbonyl (C=O) groups excluding carboxylic acids is 1. The molecule has 0 radical (unpaired) electrons. The van der Waals surface area contributed by atoms with E-state index in [-0.39, 0.29) is 11.3 Å². The van der Waals surface area contributed by atoms with Crippen LogP contribution in [0.3, 0.4) is 0 Å². The molecule has 1 aliphatic rings.